The number of fused-ring (bicyclic) bond motifs is 3. The van der Waals surface area contributed by atoms with Crippen LogP contribution in [0.25, 0.3) is 66.7 Å². The van der Waals surface area contributed by atoms with Gasteiger partial charge in [0.15, 0.2) is 0 Å². The normalized spacial score (nSPS) is 11.1. The van der Waals surface area contributed by atoms with Gasteiger partial charge in [0, 0.05) is 37.9 Å². The average molecular weight is 833 g/mol. The predicted molar refractivity (Wildman–Crippen MR) is 198 cm³/mol. The number of rotatable bonds is 5. The number of furan rings is 1. The molecule has 1 radical (unpaired) electrons. The first-order valence-corrected chi connectivity index (χ1v) is 19.4. The van der Waals surface area contributed by atoms with E-state index in [1.165, 1.54) is 17.3 Å². The molecule has 49 heavy (non-hydrogen) atoms. The zero-order valence-electron chi connectivity index (χ0n) is 27.4. The molecule has 0 bridgehead atoms. The third kappa shape index (κ3) is 7.52. The van der Waals surface area contributed by atoms with Gasteiger partial charge in [0.05, 0.1) is 13.7 Å². The Balaban J connectivity index is 0.000000208. The molecule has 3 aromatic heterocycles. The van der Waals surface area contributed by atoms with Gasteiger partial charge in [0.2, 0.25) is 0 Å². The first-order chi connectivity index (χ1) is 23.3. The summed E-state index contributed by atoms with van der Waals surface area (Å²) in [5.41, 5.74) is 9.40. The van der Waals surface area contributed by atoms with Gasteiger partial charge in [-0.2, -0.15) is 0 Å². The molecule has 8 rings (SSSR count). The van der Waals surface area contributed by atoms with E-state index in [1.807, 2.05) is 85.2 Å². The summed E-state index contributed by atoms with van der Waals surface area (Å²) in [6.45, 7) is 7.00. The summed E-state index contributed by atoms with van der Waals surface area (Å²) >= 11 is 0. The fourth-order valence-corrected chi connectivity index (χ4v) is 6.72. The van der Waals surface area contributed by atoms with E-state index in [0.717, 1.165) is 66.7 Å². The third-order valence-corrected chi connectivity index (χ3v) is 10.4. The Labute approximate surface area is 300 Å². The zero-order valence-corrected chi connectivity index (χ0v) is 30.8. The van der Waals surface area contributed by atoms with Crippen molar-refractivity contribution in [3.8, 4) is 44.8 Å². The largest absolute Gasteiger partial charge is 0.501 e. The Morgan fingerprint density at radius 2 is 1.35 bits per heavy atom. The smallest absolute Gasteiger partial charge is 0.123 e. The van der Waals surface area contributed by atoms with E-state index in [1.54, 1.807) is 12.1 Å². The third-order valence-electron chi connectivity index (χ3n) is 8.35. The molecule has 3 heterocycles. The SMILES string of the molecule is C[Si](C)(C)c1ccc(-c2[c-]cccc2)nc1.Fc1ccc(-c2ccc3c(c2)oc2c(-c4cc(-c5ccccc5)ccn4)[c-]ccc23)cc1.[Ir]. The molecule has 0 aliphatic rings. The molecular weight excluding hydrogens is 800 g/mol. The van der Waals surface area contributed by atoms with Gasteiger partial charge < -0.3 is 14.4 Å². The number of halogens is 1. The molecule has 0 aliphatic carbocycles. The number of aromatic nitrogens is 2. The quantitative estimate of drug-likeness (QED) is 0.128. The van der Waals surface area contributed by atoms with Crippen LogP contribution in [0.4, 0.5) is 4.39 Å². The van der Waals surface area contributed by atoms with Crippen molar-refractivity contribution in [2.75, 3.05) is 0 Å². The van der Waals surface area contributed by atoms with Crippen LogP contribution >= 0.6 is 0 Å². The molecule has 243 valence electrons. The molecule has 5 aromatic carbocycles. The van der Waals surface area contributed by atoms with Crippen molar-refractivity contribution in [2.24, 2.45) is 0 Å². The summed E-state index contributed by atoms with van der Waals surface area (Å²) in [7, 11) is -1.23. The maximum Gasteiger partial charge on any atom is 0.123 e. The Morgan fingerprint density at radius 1 is 0.612 bits per heavy atom. The van der Waals surface area contributed by atoms with Crippen molar-refractivity contribution in [2.45, 2.75) is 19.6 Å². The number of nitrogens with zero attached hydrogens (tertiary/aromatic N) is 2. The van der Waals surface area contributed by atoms with E-state index in [0.29, 0.717) is 0 Å². The summed E-state index contributed by atoms with van der Waals surface area (Å²) in [6.07, 6.45) is 3.84. The van der Waals surface area contributed by atoms with Gasteiger partial charge >= 0.3 is 0 Å². The molecule has 0 spiro atoms. The maximum absolute atomic E-state index is 13.3. The van der Waals surface area contributed by atoms with E-state index in [-0.39, 0.29) is 25.9 Å². The van der Waals surface area contributed by atoms with Crippen LogP contribution in [0.15, 0.2) is 150 Å². The van der Waals surface area contributed by atoms with Gasteiger partial charge in [-0.15, -0.1) is 54.1 Å². The Hall–Kier alpha value is -5.00. The molecule has 3 nitrogen and oxygen atoms in total. The van der Waals surface area contributed by atoms with Gasteiger partial charge in [-0.25, -0.2) is 4.39 Å². The predicted octanol–water partition coefficient (Wildman–Crippen LogP) is 11.0. The molecule has 0 unspecified atom stereocenters. The van der Waals surface area contributed by atoms with Crippen molar-refractivity contribution >= 4 is 35.2 Å². The van der Waals surface area contributed by atoms with Gasteiger partial charge in [-0.1, -0.05) is 103 Å². The van der Waals surface area contributed by atoms with Gasteiger partial charge in [0.25, 0.3) is 0 Å². The van der Waals surface area contributed by atoms with Crippen LogP contribution in [0.5, 0.6) is 0 Å². The molecule has 8 aromatic rings. The van der Waals surface area contributed by atoms with E-state index < -0.39 is 8.07 Å². The molecule has 0 aliphatic heterocycles. The maximum atomic E-state index is 13.3. The molecule has 0 saturated heterocycles. The minimum atomic E-state index is -1.23. The van der Waals surface area contributed by atoms with Crippen molar-refractivity contribution in [1.82, 2.24) is 9.97 Å². The van der Waals surface area contributed by atoms with Crippen LogP contribution in [-0.2, 0) is 20.1 Å². The summed E-state index contributed by atoms with van der Waals surface area (Å²) in [5, 5.41) is 3.44. The van der Waals surface area contributed by atoms with Crippen LogP contribution in [0.3, 0.4) is 0 Å². The second-order valence-corrected chi connectivity index (χ2v) is 17.7. The van der Waals surface area contributed by atoms with Crippen LogP contribution < -0.4 is 5.19 Å². The van der Waals surface area contributed by atoms with Gasteiger partial charge in [-0.3, -0.25) is 0 Å². The summed E-state index contributed by atoms with van der Waals surface area (Å²) in [5.74, 6) is -0.246. The number of hydrogen-bond acceptors (Lipinski definition) is 3. The van der Waals surface area contributed by atoms with E-state index in [2.05, 4.69) is 78.1 Å². The molecule has 6 heteroatoms. The van der Waals surface area contributed by atoms with E-state index >= 15 is 0 Å². The molecule has 0 atom stereocenters. The standard InChI is InChI=1S/C29H17FNO.C14H16NSi.Ir/c30-23-12-9-20(10-13-23)21-11-14-24-25-7-4-8-26(29(25)32-28(24)18-21)27-17-22(15-16-31-27)19-5-2-1-3-6-19;1-16(2,3)13-9-10-14(15-11-13)12-7-5-4-6-8-12;/h1-7,9-18H;4-7,9-11H,1-3H3;/q2*-1;. The summed E-state index contributed by atoms with van der Waals surface area (Å²) in [4.78, 5) is 9.12. The van der Waals surface area contributed by atoms with Crippen molar-refractivity contribution in [3.05, 3.63) is 164 Å². The van der Waals surface area contributed by atoms with Crippen LogP contribution in [0, 0.1) is 17.9 Å². The molecular formula is C43H33FIrN2OSi-2. The van der Waals surface area contributed by atoms with E-state index in [4.69, 9.17) is 4.42 Å². The summed E-state index contributed by atoms with van der Waals surface area (Å²) in [6, 6.07) is 49.6. The van der Waals surface area contributed by atoms with Crippen molar-refractivity contribution in [3.63, 3.8) is 0 Å². The van der Waals surface area contributed by atoms with E-state index in [9.17, 15) is 4.39 Å². The number of benzene rings is 5. The monoisotopic (exact) mass is 833 g/mol. The minimum absolute atomic E-state index is 0. The van der Waals surface area contributed by atoms with Crippen molar-refractivity contribution in [1.29, 1.82) is 0 Å². The Morgan fingerprint density at radius 3 is 2.06 bits per heavy atom. The molecule has 0 saturated carbocycles. The second kappa shape index (κ2) is 14.6. The van der Waals surface area contributed by atoms with Gasteiger partial charge in [0.1, 0.15) is 11.4 Å². The zero-order chi connectivity index (χ0) is 33.1. The molecule has 0 amide bonds. The van der Waals surface area contributed by atoms with Crippen LogP contribution in [0.1, 0.15) is 0 Å². The topological polar surface area (TPSA) is 38.9 Å². The van der Waals surface area contributed by atoms with Crippen LogP contribution in [-0.4, -0.2) is 18.0 Å². The first kappa shape index (κ1) is 33.9. The minimum Gasteiger partial charge on any atom is -0.501 e. The fourth-order valence-electron chi connectivity index (χ4n) is 5.68. The van der Waals surface area contributed by atoms with Crippen molar-refractivity contribution < 1.29 is 28.9 Å². The van der Waals surface area contributed by atoms with Gasteiger partial charge in [-0.05, 0) is 63.1 Å². The Bertz CT molecular complexity index is 2320. The number of hydrogen-bond donors (Lipinski definition) is 0. The molecule has 0 fully saturated rings. The van der Waals surface area contributed by atoms with Crippen LogP contribution in [0.2, 0.25) is 19.6 Å². The second-order valence-electron chi connectivity index (χ2n) is 12.7. The fraction of sp³-hybridized carbons (Fsp3) is 0.0698. The summed E-state index contributed by atoms with van der Waals surface area (Å²) < 4.78 is 19.6. The number of pyridine rings is 2. The first-order valence-electron chi connectivity index (χ1n) is 15.9. The molecule has 0 N–H and O–H groups in total. The average Bonchev–Trinajstić information content (AvgIpc) is 3.51. The Kier molecular flexibility index (Phi) is 10.1.